The molecule has 0 aliphatic heterocycles. The summed E-state index contributed by atoms with van der Waals surface area (Å²) >= 11 is 5.61. The quantitative estimate of drug-likeness (QED) is 0.724. The van der Waals surface area contributed by atoms with Crippen LogP contribution >= 0.6 is 11.6 Å². The summed E-state index contributed by atoms with van der Waals surface area (Å²) in [6.45, 7) is 0.525. The maximum atomic E-state index is 14.0. The largest absolute Gasteiger partial charge is 0.383 e. The van der Waals surface area contributed by atoms with Crippen LogP contribution in [0.3, 0.4) is 0 Å². The predicted octanol–water partition coefficient (Wildman–Crippen LogP) is 2.36. The lowest BCUT2D eigenvalue weighted by molar-refractivity contribution is 0.177. The van der Waals surface area contributed by atoms with Gasteiger partial charge < -0.3 is 4.74 Å². The van der Waals surface area contributed by atoms with Crippen molar-refractivity contribution in [1.29, 1.82) is 0 Å². The first-order valence-electron chi connectivity index (χ1n) is 6.36. The predicted molar refractivity (Wildman–Crippen MR) is 74.7 cm³/mol. The second-order valence-electron chi connectivity index (χ2n) is 4.74. The highest BCUT2D eigenvalue weighted by Crippen LogP contribution is 2.32. The smallest absolute Gasteiger partial charge is 0.246 e. The Hall–Kier alpha value is -0.690. The van der Waals surface area contributed by atoms with Crippen LogP contribution in [0, 0.1) is 5.82 Å². The molecule has 1 aliphatic carbocycles. The molecule has 0 saturated heterocycles. The molecule has 4 nitrogen and oxygen atoms in total. The summed E-state index contributed by atoms with van der Waals surface area (Å²) in [5.74, 6) is -0.612. The molecular formula is C13H17ClFNO3S. The van der Waals surface area contributed by atoms with E-state index in [4.69, 9.17) is 16.3 Å². The van der Waals surface area contributed by atoms with Crippen molar-refractivity contribution in [2.45, 2.75) is 29.7 Å². The zero-order valence-electron chi connectivity index (χ0n) is 11.2. The monoisotopic (exact) mass is 321 g/mol. The minimum atomic E-state index is -3.83. The highest BCUT2D eigenvalue weighted by molar-refractivity contribution is 7.89. The molecular weight excluding hydrogens is 305 g/mol. The van der Waals surface area contributed by atoms with Gasteiger partial charge in [0.2, 0.25) is 10.0 Å². The van der Waals surface area contributed by atoms with E-state index >= 15 is 0 Å². The molecule has 2 rings (SSSR count). The number of nitrogens with zero attached hydrogens (tertiary/aromatic N) is 1. The molecule has 0 radical (unpaired) electrons. The maximum Gasteiger partial charge on any atom is 0.246 e. The second kappa shape index (κ2) is 6.39. The molecule has 0 N–H and O–H groups in total. The minimum absolute atomic E-state index is 0.0396. The van der Waals surface area contributed by atoms with Crippen molar-refractivity contribution in [3.8, 4) is 0 Å². The molecule has 1 aromatic rings. The summed E-state index contributed by atoms with van der Waals surface area (Å²) in [6.07, 6.45) is 1.62. The first-order valence-corrected chi connectivity index (χ1v) is 8.33. The highest BCUT2D eigenvalue weighted by Gasteiger charge is 2.38. The van der Waals surface area contributed by atoms with E-state index in [1.54, 1.807) is 0 Å². The van der Waals surface area contributed by atoms with E-state index in [1.165, 1.54) is 29.6 Å². The van der Waals surface area contributed by atoms with Gasteiger partial charge >= 0.3 is 0 Å². The SMILES string of the molecule is COCCN(C1CC1)S(=O)(=O)c1ccc(CCl)cc1F. The molecule has 0 bridgehead atoms. The number of benzene rings is 1. The molecule has 1 saturated carbocycles. The van der Waals surface area contributed by atoms with Gasteiger partial charge in [-0.3, -0.25) is 0 Å². The Morgan fingerprint density at radius 2 is 2.15 bits per heavy atom. The average Bonchev–Trinajstić information content (AvgIpc) is 3.23. The summed E-state index contributed by atoms with van der Waals surface area (Å²) in [7, 11) is -2.32. The van der Waals surface area contributed by atoms with Crippen LogP contribution in [-0.4, -0.2) is 39.0 Å². The molecule has 0 atom stereocenters. The third kappa shape index (κ3) is 3.31. The third-order valence-corrected chi connectivity index (χ3v) is 5.50. The van der Waals surface area contributed by atoms with Crippen LogP contribution in [0.5, 0.6) is 0 Å². The van der Waals surface area contributed by atoms with Crippen molar-refractivity contribution in [3.63, 3.8) is 0 Å². The summed E-state index contributed by atoms with van der Waals surface area (Å²) < 4.78 is 45.3. The Morgan fingerprint density at radius 1 is 1.45 bits per heavy atom. The van der Waals surface area contributed by atoms with E-state index in [-0.39, 0.29) is 30.0 Å². The van der Waals surface area contributed by atoms with Gasteiger partial charge in [0.1, 0.15) is 10.7 Å². The van der Waals surface area contributed by atoms with E-state index in [0.717, 1.165) is 12.8 Å². The molecule has 7 heteroatoms. The molecule has 0 spiro atoms. The Balaban J connectivity index is 2.32. The highest BCUT2D eigenvalue weighted by atomic mass is 35.5. The van der Waals surface area contributed by atoms with Gasteiger partial charge in [0.05, 0.1) is 6.61 Å². The molecule has 0 unspecified atom stereocenters. The number of hydrogen-bond acceptors (Lipinski definition) is 3. The summed E-state index contributed by atoms with van der Waals surface area (Å²) in [6, 6.07) is 3.94. The summed E-state index contributed by atoms with van der Waals surface area (Å²) in [5.41, 5.74) is 0.554. The first kappa shape index (κ1) is 15.7. The van der Waals surface area contributed by atoms with Gasteiger partial charge in [0, 0.05) is 25.6 Å². The third-order valence-electron chi connectivity index (χ3n) is 3.21. The number of methoxy groups -OCH3 is 1. The topological polar surface area (TPSA) is 46.6 Å². The fourth-order valence-electron chi connectivity index (χ4n) is 2.01. The fraction of sp³-hybridized carbons (Fsp3) is 0.538. The van der Waals surface area contributed by atoms with Gasteiger partial charge in [-0.1, -0.05) is 6.07 Å². The second-order valence-corrected chi connectivity index (χ2v) is 6.86. The van der Waals surface area contributed by atoms with Crippen LogP contribution in [0.25, 0.3) is 0 Å². The van der Waals surface area contributed by atoms with E-state index in [0.29, 0.717) is 5.56 Å². The maximum absolute atomic E-state index is 14.0. The first-order chi connectivity index (χ1) is 9.50. The van der Waals surface area contributed by atoms with Gasteiger partial charge in [-0.25, -0.2) is 12.8 Å². The Morgan fingerprint density at radius 3 is 2.65 bits per heavy atom. The zero-order valence-corrected chi connectivity index (χ0v) is 12.8. The average molecular weight is 322 g/mol. The van der Waals surface area contributed by atoms with Crippen molar-refractivity contribution < 1.29 is 17.5 Å². The normalized spacial score (nSPS) is 15.8. The van der Waals surface area contributed by atoms with Crippen molar-refractivity contribution >= 4 is 21.6 Å². The van der Waals surface area contributed by atoms with Crippen LogP contribution in [-0.2, 0) is 20.6 Å². The van der Waals surface area contributed by atoms with Crippen LogP contribution in [0.15, 0.2) is 23.1 Å². The lowest BCUT2D eigenvalue weighted by Crippen LogP contribution is -2.36. The molecule has 20 heavy (non-hydrogen) atoms. The molecule has 0 heterocycles. The van der Waals surface area contributed by atoms with E-state index in [9.17, 15) is 12.8 Å². The van der Waals surface area contributed by atoms with Crippen LogP contribution < -0.4 is 0 Å². The van der Waals surface area contributed by atoms with Gasteiger partial charge in [-0.15, -0.1) is 11.6 Å². The van der Waals surface area contributed by atoms with Crippen LogP contribution in [0.4, 0.5) is 4.39 Å². The summed E-state index contributed by atoms with van der Waals surface area (Å²) in [5, 5.41) is 0. The lowest BCUT2D eigenvalue weighted by Gasteiger charge is -2.21. The fourth-order valence-corrected chi connectivity index (χ4v) is 3.89. The van der Waals surface area contributed by atoms with E-state index < -0.39 is 15.8 Å². The Bertz CT molecular complexity index is 575. The molecule has 0 aromatic heterocycles. The number of halogens is 2. The Kier molecular flexibility index (Phi) is 5.01. The van der Waals surface area contributed by atoms with E-state index in [1.807, 2.05) is 0 Å². The van der Waals surface area contributed by atoms with Crippen molar-refractivity contribution in [3.05, 3.63) is 29.6 Å². The summed E-state index contributed by atoms with van der Waals surface area (Å²) in [4.78, 5) is -0.297. The Labute approximate surface area is 123 Å². The molecule has 1 fully saturated rings. The zero-order chi connectivity index (χ0) is 14.8. The molecule has 1 aliphatic rings. The number of rotatable bonds is 7. The van der Waals surface area contributed by atoms with Crippen molar-refractivity contribution in [1.82, 2.24) is 4.31 Å². The van der Waals surface area contributed by atoms with Gasteiger partial charge in [-0.05, 0) is 30.5 Å². The number of sulfonamides is 1. The van der Waals surface area contributed by atoms with E-state index in [2.05, 4.69) is 0 Å². The van der Waals surface area contributed by atoms with Crippen LogP contribution in [0.2, 0.25) is 0 Å². The number of ether oxygens (including phenoxy) is 1. The van der Waals surface area contributed by atoms with Crippen molar-refractivity contribution in [2.75, 3.05) is 20.3 Å². The molecule has 1 aromatic carbocycles. The number of hydrogen-bond donors (Lipinski definition) is 0. The van der Waals surface area contributed by atoms with Gasteiger partial charge in [0.15, 0.2) is 0 Å². The standard InChI is InChI=1S/C13H17ClFNO3S/c1-19-7-6-16(11-3-4-11)20(17,18)13-5-2-10(9-14)8-12(13)15/h2,5,8,11H,3-4,6-7,9H2,1H3. The van der Waals surface area contributed by atoms with Gasteiger partial charge in [0.25, 0.3) is 0 Å². The van der Waals surface area contributed by atoms with Crippen molar-refractivity contribution in [2.24, 2.45) is 0 Å². The van der Waals surface area contributed by atoms with Crippen LogP contribution in [0.1, 0.15) is 18.4 Å². The lowest BCUT2D eigenvalue weighted by atomic mass is 10.2. The van der Waals surface area contributed by atoms with Gasteiger partial charge in [-0.2, -0.15) is 4.31 Å². The minimum Gasteiger partial charge on any atom is -0.383 e. The molecule has 112 valence electrons. The number of alkyl halides is 1. The molecule has 0 amide bonds.